The first-order valence-electron chi connectivity index (χ1n) is 6.85. The van der Waals surface area contributed by atoms with Gasteiger partial charge < -0.3 is 4.74 Å². The zero-order valence-electron chi connectivity index (χ0n) is 11.1. The Morgan fingerprint density at radius 3 is 2.95 bits per heavy atom. The molecular formula is C16H18O3. The van der Waals surface area contributed by atoms with Gasteiger partial charge in [-0.25, -0.2) is 0 Å². The van der Waals surface area contributed by atoms with Crippen LogP contribution in [0.2, 0.25) is 0 Å². The molecule has 0 radical (unpaired) electrons. The molecule has 2 atom stereocenters. The Kier molecular flexibility index (Phi) is 2.92. The second kappa shape index (κ2) is 4.48. The summed E-state index contributed by atoms with van der Waals surface area (Å²) in [5.41, 5.74) is 2.50. The van der Waals surface area contributed by atoms with Gasteiger partial charge in [0.05, 0.1) is 7.11 Å². The van der Waals surface area contributed by atoms with Gasteiger partial charge in [0.2, 0.25) is 0 Å². The van der Waals surface area contributed by atoms with Crippen LogP contribution in [-0.2, 0) is 26.2 Å². The smallest absolute Gasteiger partial charge is 0.316 e. The van der Waals surface area contributed by atoms with E-state index < -0.39 is 5.92 Å². The van der Waals surface area contributed by atoms with E-state index in [0.717, 1.165) is 19.3 Å². The number of fused-ring (bicyclic) bond motifs is 2. The normalized spacial score (nSPS) is 29.3. The number of Topliss-reactive ketones (excluding diaryl/α,β-unsaturated/α-hetero) is 1. The molecule has 0 saturated heterocycles. The molecule has 2 aliphatic rings. The third-order valence-electron chi connectivity index (χ3n) is 4.67. The van der Waals surface area contributed by atoms with Crippen LogP contribution in [0.1, 0.15) is 36.8 Å². The number of methoxy groups -OCH3 is 1. The standard InChI is InChI=1S/C16H18O3/c1-19-15(18)12-9-16(10-14(12)17)8-4-6-11-5-2-3-7-13(11)16/h2-3,5,7,12H,4,6,8-10H2,1H3. The van der Waals surface area contributed by atoms with E-state index in [1.165, 1.54) is 18.2 Å². The van der Waals surface area contributed by atoms with Crippen molar-refractivity contribution in [2.24, 2.45) is 5.92 Å². The SMILES string of the molecule is COC(=O)C1CC2(CCCc3ccccc32)CC1=O. The summed E-state index contributed by atoms with van der Waals surface area (Å²) in [5.74, 6) is -0.885. The van der Waals surface area contributed by atoms with Gasteiger partial charge in [-0.3, -0.25) is 9.59 Å². The third-order valence-corrected chi connectivity index (χ3v) is 4.67. The zero-order valence-corrected chi connectivity index (χ0v) is 11.1. The summed E-state index contributed by atoms with van der Waals surface area (Å²) in [6.45, 7) is 0. The van der Waals surface area contributed by atoms with E-state index in [1.807, 2.05) is 12.1 Å². The van der Waals surface area contributed by atoms with Crippen molar-refractivity contribution in [1.82, 2.24) is 0 Å². The van der Waals surface area contributed by atoms with Gasteiger partial charge in [-0.15, -0.1) is 0 Å². The largest absolute Gasteiger partial charge is 0.468 e. The quantitative estimate of drug-likeness (QED) is 0.574. The number of esters is 1. The van der Waals surface area contributed by atoms with Crippen LogP contribution < -0.4 is 0 Å². The molecule has 3 rings (SSSR count). The summed E-state index contributed by atoms with van der Waals surface area (Å²) < 4.78 is 4.77. The number of hydrogen-bond acceptors (Lipinski definition) is 3. The molecule has 1 spiro atoms. The predicted molar refractivity (Wildman–Crippen MR) is 70.8 cm³/mol. The molecular weight excluding hydrogens is 240 g/mol. The molecule has 2 unspecified atom stereocenters. The highest BCUT2D eigenvalue weighted by molar-refractivity contribution is 6.01. The molecule has 3 nitrogen and oxygen atoms in total. The van der Waals surface area contributed by atoms with Gasteiger partial charge in [0.1, 0.15) is 11.7 Å². The lowest BCUT2D eigenvalue weighted by molar-refractivity contribution is -0.148. The van der Waals surface area contributed by atoms with Gasteiger partial charge >= 0.3 is 5.97 Å². The number of hydrogen-bond donors (Lipinski definition) is 0. The Morgan fingerprint density at radius 2 is 2.16 bits per heavy atom. The van der Waals surface area contributed by atoms with E-state index in [2.05, 4.69) is 12.1 Å². The highest BCUT2D eigenvalue weighted by atomic mass is 16.5. The predicted octanol–water partition coefficient (Wildman–Crippen LogP) is 2.41. The molecule has 0 amide bonds. The van der Waals surface area contributed by atoms with Crippen molar-refractivity contribution in [3.05, 3.63) is 35.4 Å². The Labute approximate surface area is 113 Å². The molecule has 2 aliphatic carbocycles. The number of ketones is 1. The Balaban J connectivity index is 1.99. The Morgan fingerprint density at radius 1 is 1.37 bits per heavy atom. The van der Waals surface area contributed by atoms with Crippen LogP contribution >= 0.6 is 0 Å². The molecule has 1 aromatic carbocycles. The fourth-order valence-electron chi connectivity index (χ4n) is 3.79. The summed E-state index contributed by atoms with van der Waals surface area (Å²) in [6, 6.07) is 8.35. The van der Waals surface area contributed by atoms with E-state index in [-0.39, 0.29) is 17.2 Å². The maximum absolute atomic E-state index is 12.2. The van der Waals surface area contributed by atoms with Crippen molar-refractivity contribution in [3.8, 4) is 0 Å². The molecule has 19 heavy (non-hydrogen) atoms. The molecule has 3 heteroatoms. The topological polar surface area (TPSA) is 43.4 Å². The average Bonchev–Trinajstić information content (AvgIpc) is 2.76. The molecule has 100 valence electrons. The molecule has 1 aromatic rings. The Bertz CT molecular complexity index is 535. The minimum absolute atomic E-state index is 0.0450. The summed E-state index contributed by atoms with van der Waals surface area (Å²) in [7, 11) is 1.36. The van der Waals surface area contributed by atoms with Crippen LogP contribution in [0.3, 0.4) is 0 Å². The van der Waals surface area contributed by atoms with E-state index in [9.17, 15) is 9.59 Å². The molecule has 1 saturated carbocycles. The van der Waals surface area contributed by atoms with Crippen LogP contribution in [0, 0.1) is 5.92 Å². The monoisotopic (exact) mass is 258 g/mol. The lowest BCUT2D eigenvalue weighted by Crippen LogP contribution is -2.29. The van der Waals surface area contributed by atoms with Crippen molar-refractivity contribution < 1.29 is 14.3 Å². The molecule has 0 aromatic heterocycles. The van der Waals surface area contributed by atoms with Crippen molar-refractivity contribution >= 4 is 11.8 Å². The second-order valence-electron chi connectivity index (χ2n) is 5.71. The van der Waals surface area contributed by atoms with Gasteiger partial charge in [0.25, 0.3) is 0 Å². The minimum Gasteiger partial charge on any atom is -0.468 e. The number of aryl methyl sites for hydroxylation is 1. The van der Waals surface area contributed by atoms with Gasteiger partial charge in [-0.1, -0.05) is 24.3 Å². The van der Waals surface area contributed by atoms with E-state index in [0.29, 0.717) is 12.8 Å². The molecule has 0 heterocycles. The summed E-state index contributed by atoms with van der Waals surface area (Å²) >= 11 is 0. The number of benzene rings is 1. The second-order valence-corrected chi connectivity index (χ2v) is 5.71. The lowest BCUT2D eigenvalue weighted by atomic mass is 9.68. The van der Waals surface area contributed by atoms with Gasteiger partial charge in [-0.2, -0.15) is 0 Å². The van der Waals surface area contributed by atoms with Crippen molar-refractivity contribution in [3.63, 3.8) is 0 Å². The number of ether oxygens (including phenoxy) is 1. The molecule has 0 bridgehead atoms. The van der Waals surface area contributed by atoms with Crippen molar-refractivity contribution in [2.45, 2.75) is 37.5 Å². The third kappa shape index (κ3) is 1.88. The number of carbonyl (C=O) groups is 2. The summed E-state index contributed by atoms with van der Waals surface area (Å²) in [6.07, 6.45) is 4.29. The number of carbonyl (C=O) groups excluding carboxylic acids is 2. The zero-order chi connectivity index (χ0) is 13.5. The van der Waals surface area contributed by atoms with E-state index in [4.69, 9.17) is 4.74 Å². The maximum atomic E-state index is 12.2. The minimum atomic E-state index is -0.559. The van der Waals surface area contributed by atoms with Crippen LogP contribution in [0.5, 0.6) is 0 Å². The molecule has 0 aliphatic heterocycles. The summed E-state index contributed by atoms with van der Waals surface area (Å²) in [4.78, 5) is 23.9. The van der Waals surface area contributed by atoms with Crippen LogP contribution in [0.25, 0.3) is 0 Å². The van der Waals surface area contributed by atoms with Gasteiger partial charge in [0.15, 0.2) is 0 Å². The molecule has 0 N–H and O–H groups in total. The van der Waals surface area contributed by atoms with Crippen LogP contribution in [-0.4, -0.2) is 18.9 Å². The fraction of sp³-hybridized carbons (Fsp3) is 0.500. The van der Waals surface area contributed by atoms with Gasteiger partial charge in [-0.05, 0) is 36.8 Å². The lowest BCUT2D eigenvalue weighted by Gasteiger charge is -2.35. The van der Waals surface area contributed by atoms with E-state index in [1.54, 1.807) is 0 Å². The number of rotatable bonds is 1. The summed E-state index contributed by atoms with van der Waals surface area (Å²) in [5, 5.41) is 0. The average molecular weight is 258 g/mol. The van der Waals surface area contributed by atoms with E-state index >= 15 is 0 Å². The maximum Gasteiger partial charge on any atom is 0.316 e. The van der Waals surface area contributed by atoms with Crippen molar-refractivity contribution in [1.29, 1.82) is 0 Å². The van der Waals surface area contributed by atoms with Crippen LogP contribution in [0.15, 0.2) is 24.3 Å². The first-order valence-corrected chi connectivity index (χ1v) is 6.85. The van der Waals surface area contributed by atoms with Gasteiger partial charge in [0, 0.05) is 11.8 Å². The Hall–Kier alpha value is -1.64. The first kappa shape index (κ1) is 12.4. The first-order chi connectivity index (χ1) is 9.16. The highest BCUT2D eigenvalue weighted by Crippen LogP contribution is 2.49. The highest BCUT2D eigenvalue weighted by Gasteiger charge is 2.50. The molecule has 1 fully saturated rings. The van der Waals surface area contributed by atoms with Crippen molar-refractivity contribution in [2.75, 3.05) is 7.11 Å². The van der Waals surface area contributed by atoms with Crippen LogP contribution in [0.4, 0.5) is 0 Å². The fourth-order valence-corrected chi connectivity index (χ4v) is 3.79.